The van der Waals surface area contributed by atoms with E-state index in [2.05, 4.69) is 41.3 Å². The molecule has 3 aromatic rings. The molecule has 2 heterocycles. The summed E-state index contributed by atoms with van der Waals surface area (Å²) in [7, 11) is 4.26. The zero-order chi connectivity index (χ0) is 24.5. The van der Waals surface area contributed by atoms with Crippen LogP contribution in [-0.2, 0) is 11.3 Å². The number of benzene rings is 3. The monoisotopic (exact) mass is 468 g/mol. The van der Waals surface area contributed by atoms with Crippen LogP contribution in [0.3, 0.4) is 0 Å². The maximum absolute atomic E-state index is 12.9. The third kappa shape index (κ3) is 4.66. The predicted octanol–water partition coefficient (Wildman–Crippen LogP) is 4.73. The highest BCUT2D eigenvalue weighted by Gasteiger charge is 2.28. The Morgan fingerprint density at radius 1 is 0.971 bits per heavy atom. The second-order valence-electron chi connectivity index (χ2n) is 9.75. The second-order valence-corrected chi connectivity index (χ2v) is 9.75. The van der Waals surface area contributed by atoms with Crippen LogP contribution >= 0.6 is 0 Å². The molecular weight excluding hydrogens is 436 g/mol. The third-order valence-electron chi connectivity index (χ3n) is 7.31. The van der Waals surface area contributed by atoms with Crippen molar-refractivity contribution >= 4 is 28.9 Å². The van der Waals surface area contributed by atoms with Gasteiger partial charge in [-0.25, -0.2) is 0 Å². The van der Waals surface area contributed by atoms with E-state index in [-0.39, 0.29) is 17.7 Å². The number of fused-ring (bicyclic) bond motifs is 1. The summed E-state index contributed by atoms with van der Waals surface area (Å²) in [5.74, 6) is -0.340. The molecule has 1 saturated heterocycles. The smallest absolute Gasteiger partial charge is 0.258 e. The zero-order valence-corrected chi connectivity index (χ0v) is 20.6. The normalized spacial score (nSPS) is 18.2. The van der Waals surface area contributed by atoms with Gasteiger partial charge in [-0.15, -0.1) is 0 Å². The highest BCUT2D eigenvalue weighted by Crippen LogP contribution is 2.30. The lowest BCUT2D eigenvalue weighted by molar-refractivity contribution is -0.117. The Morgan fingerprint density at radius 2 is 1.66 bits per heavy atom. The molecule has 35 heavy (non-hydrogen) atoms. The molecule has 0 saturated carbocycles. The fraction of sp³-hybridized carbons (Fsp3) is 0.310. The molecule has 3 aromatic carbocycles. The van der Waals surface area contributed by atoms with Gasteiger partial charge in [-0.1, -0.05) is 30.3 Å². The molecule has 0 radical (unpaired) electrons. The lowest BCUT2D eigenvalue weighted by Gasteiger charge is -2.22. The SMILES string of the molecule is CC(C(=O)Nc1ccc(N2CCC(N(C)C)C2)cc1)c1ccc(N2Cc3ccccc3C2=O)cc1. The Balaban J connectivity index is 1.20. The fourth-order valence-corrected chi connectivity index (χ4v) is 4.96. The number of carbonyl (C=O) groups excluding carboxylic acids is 2. The van der Waals surface area contributed by atoms with Crippen molar-refractivity contribution in [2.45, 2.75) is 31.8 Å². The van der Waals surface area contributed by atoms with E-state index in [9.17, 15) is 9.59 Å². The van der Waals surface area contributed by atoms with E-state index in [1.807, 2.05) is 67.6 Å². The lowest BCUT2D eigenvalue weighted by Crippen LogP contribution is -2.31. The van der Waals surface area contributed by atoms with Crippen molar-refractivity contribution in [2.75, 3.05) is 42.3 Å². The summed E-state index contributed by atoms with van der Waals surface area (Å²) in [6.45, 7) is 4.56. The number of amides is 2. The standard InChI is InChI=1S/C29H32N4O2/c1-20(21-8-12-25(13-9-21)33-18-22-6-4-5-7-27(22)29(33)35)28(34)30-23-10-14-24(15-11-23)32-17-16-26(19-32)31(2)3/h4-15,20,26H,16-19H2,1-3H3,(H,30,34). The van der Waals surface area contributed by atoms with E-state index in [1.54, 1.807) is 4.90 Å². The van der Waals surface area contributed by atoms with E-state index < -0.39 is 0 Å². The highest BCUT2D eigenvalue weighted by atomic mass is 16.2. The molecule has 5 rings (SSSR count). The Labute approximate surface area is 207 Å². The quantitative estimate of drug-likeness (QED) is 0.568. The molecule has 1 fully saturated rings. The van der Waals surface area contributed by atoms with Crippen molar-refractivity contribution in [3.8, 4) is 0 Å². The van der Waals surface area contributed by atoms with Crippen LogP contribution in [0.5, 0.6) is 0 Å². The average Bonchev–Trinajstić information content (AvgIpc) is 3.50. The molecule has 6 heteroatoms. The van der Waals surface area contributed by atoms with Crippen molar-refractivity contribution in [1.82, 2.24) is 4.90 Å². The summed E-state index contributed by atoms with van der Waals surface area (Å²) in [6.07, 6.45) is 1.17. The van der Waals surface area contributed by atoms with Gasteiger partial charge in [-0.05, 0) is 81.0 Å². The topological polar surface area (TPSA) is 55.9 Å². The Morgan fingerprint density at radius 3 is 2.31 bits per heavy atom. The minimum Gasteiger partial charge on any atom is -0.370 e. The molecule has 0 aromatic heterocycles. The van der Waals surface area contributed by atoms with Crippen LogP contribution in [0.2, 0.25) is 0 Å². The van der Waals surface area contributed by atoms with Crippen LogP contribution in [0.25, 0.3) is 0 Å². The molecule has 1 N–H and O–H groups in total. The van der Waals surface area contributed by atoms with Gasteiger partial charge in [0.15, 0.2) is 0 Å². The van der Waals surface area contributed by atoms with Gasteiger partial charge in [0.25, 0.3) is 5.91 Å². The van der Waals surface area contributed by atoms with Gasteiger partial charge in [0.2, 0.25) is 5.91 Å². The second kappa shape index (κ2) is 9.55. The molecule has 2 aliphatic rings. The molecular formula is C29H32N4O2. The van der Waals surface area contributed by atoms with E-state index in [0.717, 1.165) is 41.2 Å². The maximum atomic E-state index is 12.9. The number of nitrogens with zero attached hydrogens (tertiary/aromatic N) is 3. The number of likely N-dealkylation sites (N-methyl/N-ethyl adjacent to an activating group) is 1. The van der Waals surface area contributed by atoms with Crippen molar-refractivity contribution in [3.05, 3.63) is 89.5 Å². The summed E-state index contributed by atoms with van der Waals surface area (Å²) in [6, 6.07) is 24.1. The first-order valence-electron chi connectivity index (χ1n) is 12.2. The Bertz CT molecular complexity index is 1220. The summed E-state index contributed by atoms with van der Waals surface area (Å²) >= 11 is 0. The molecule has 180 valence electrons. The third-order valence-corrected chi connectivity index (χ3v) is 7.31. The van der Waals surface area contributed by atoms with Crippen molar-refractivity contribution in [2.24, 2.45) is 0 Å². The molecule has 2 aliphatic heterocycles. The molecule has 6 nitrogen and oxygen atoms in total. The van der Waals surface area contributed by atoms with Gasteiger partial charge in [-0.3, -0.25) is 9.59 Å². The minimum atomic E-state index is -0.311. The zero-order valence-electron chi connectivity index (χ0n) is 20.6. The minimum absolute atomic E-state index is 0.0220. The van der Waals surface area contributed by atoms with Crippen molar-refractivity contribution in [1.29, 1.82) is 0 Å². The van der Waals surface area contributed by atoms with Crippen LogP contribution in [-0.4, -0.2) is 49.9 Å². The van der Waals surface area contributed by atoms with Crippen LogP contribution in [0, 0.1) is 0 Å². The summed E-state index contributed by atoms with van der Waals surface area (Å²) in [5.41, 5.74) is 5.55. The van der Waals surface area contributed by atoms with Gasteiger partial charge >= 0.3 is 0 Å². The van der Waals surface area contributed by atoms with Gasteiger partial charge in [0, 0.05) is 41.8 Å². The van der Waals surface area contributed by atoms with Crippen molar-refractivity contribution in [3.63, 3.8) is 0 Å². The van der Waals surface area contributed by atoms with Crippen LogP contribution in [0.15, 0.2) is 72.8 Å². The molecule has 0 aliphatic carbocycles. The number of rotatable bonds is 6. The van der Waals surface area contributed by atoms with E-state index in [4.69, 9.17) is 0 Å². The molecule has 2 unspecified atom stereocenters. The summed E-state index contributed by atoms with van der Waals surface area (Å²) in [5, 5.41) is 3.04. The number of nitrogens with one attached hydrogen (secondary N) is 1. The molecule has 0 bridgehead atoms. The summed E-state index contributed by atoms with van der Waals surface area (Å²) in [4.78, 5) is 32.1. The van der Waals surface area contributed by atoms with Crippen LogP contribution < -0.4 is 15.1 Å². The van der Waals surface area contributed by atoms with Crippen LogP contribution in [0.4, 0.5) is 17.1 Å². The lowest BCUT2D eigenvalue weighted by atomic mass is 9.99. The summed E-state index contributed by atoms with van der Waals surface area (Å²) < 4.78 is 0. The Hall–Kier alpha value is -3.64. The van der Waals surface area contributed by atoms with Gasteiger partial charge in [0.1, 0.15) is 0 Å². The van der Waals surface area contributed by atoms with E-state index in [0.29, 0.717) is 12.6 Å². The molecule has 0 spiro atoms. The van der Waals surface area contributed by atoms with Gasteiger partial charge in [0.05, 0.1) is 12.5 Å². The Kier molecular flexibility index (Phi) is 6.31. The number of anilines is 3. The van der Waals surface area contributed by atoms with Crippen molar-refractivity contribution < 1.29 is 9.59 Å². The van der Waals surface area contributed by atoms with Crippen LogP contribution in [0.1, 0.15) is 40.7 Å². The fourth-order valence-electron chi connectivity index (χ4n) is 4.96. The molecule has 2 atom stereocenters. The number of hydrogen-bond donors (Lipinski definition) is 1. The first-order valence-corrected chi connectivity index (χ1v) is 12.2. The largest absolute Gasteiger partial charge is 0.370 e. The number of carbonyl (C=O) groups is 2. The van der Waals surface area contributed by atoms with Gasteiger partial charge < -0.3 is 20.0 Å². The average molecular weight is 469 g/mol. The first-order chi connectivity index (χ1) is 16.9. The van der Waals surface area contributed by atoms with Gasteiger partial charge in [-0.2, -0.15) is 0 Å². The predicted molar refractivity (Wildman–Crippen MR) is 141 cm³/mol. The van der Waals surface area contributed by atoms with E-state index in [1.165, 1.54) is 12.1 Å². The first kappa shape index (κ1) is 23.1. The number of hydrogen-bond acceptors (Lipinski definition) is 4. The maximum Gasteiger partial charge on any atom is 0.258 e. The molecule has 2 amide bonds. The highest BCUT2D eigenvalue weighted by molar-refractivity contribution is 6.10. The van der Waals surface area contributed by atoms with E-state index >= 15 is 0 Å².